The number of ether oxygens (including phenoxy) is 4. The molecule has 2 saturated heterocycles. The Kier molecular flexibility index (Phi) is 54.0. The fraction of sp³-hybridized carbons (Fsp3) is 0.824. The van der Waals surface area contributed by atoms with E-state index in [4.69, 9.17) is 18.9 Å². The average Bonchev–Trinajstić information content (AvgIpc) is 2.07. The quantitative estimate of drug-likeness (QED) is 0.0204. The predicted molar refractivity (Wildman–Crippen MR) is 360 cm³/mol. The highest BCUT2D eigenvalue weighted by Crippen LogP contribution is 2.30. The van der Waals surface area contributed by atoms with E-state index in [0.717, 1.165) is 64.2 Å². The standard InChI is InChI=1S/C74H133NO13/c1-3-5-7-9-11-13-15-17-19-21-23-25-27-29-30-31-32-34-35-37-39-41-43-45-47-49-51-53-55-57-63(78)62(61-85-73-71(84)69(82)72(65(60-77)87-73)88-74-70(83)68(81)67(80)64(59-76)86-74)75-66(79)58-56-54-52-50-48-46-44-42-40-38-36-33-28-26-24-22-20-18-16-14-12-10-8-6-4-2/h6,8,12,14,18,20,24,26,47,49,55,57,62-65,67-74,76-78,80-84H,3-5,7,9-11,13,15-17,19,21-23,25,27-46,48,50-54,56,58-61H2,1-2H3,(H,75,79)/b8-6-,14-12-,20-18-,26-24-,49-47+,57-55+. The lowest BCUT2D eigenvalue weighted by Crippen LogP contribution is -2.65. The summed E-state index contributed by atoms with van der Waals surface area (Å²) in [6.07, 6.45) is 62.5. The van der Waals surface area contributed by atoms with Crippen molar-refractivity contribution in [2.45, 2.75) is 370 Å². The summed E-state index contributed by atoms with van der Waals surface area (Å²) in [6, 6.07) is -0.938. The Labute approximate surface area is 536 Å². The van der Waals surface area contributed by atoms with E-state index in [1.54, 1.807) is 6.08 Å². The van der Waals surface area contributed by atoms with Crippen molar-refractivity contribution in [3.8, 4) is 0 Å². The fourth-order valence-electron chi connectivity index (χ4n) is 11.7. The summed E-state index contributed by atoms with van der Waals surface area (Å²) in [5.41, 5.74) is 0. The minimum Gasteiger partial charge on any atom is -0.394 e. The first-order valence-corrected chi connectivity index (χ1v) is 36.2. The minimum absolute atomic E-state index is 0.251. The van der Waals surface area contributed by atoms with Gasteiger partial charge in [0.2, 0.25) is 5.91 Å². The fourth-order valence-corrected chi connectivity index (χ4v) is 11.7. The molecule has 0 spiro atoms. The van der Waals surface area contributed by atoms with Crippen LogP contribution in [0.3, 0.4) is 0 Å². The van der Waals surface area contributed by atoms with E-state index in [9.17, 15) is 45.6 Å². The molecule has 0 aliphatic carbocycles. The molecule has 0 radical (unpaired) electrons. The molecule has 14 heteroatoms. The van der Waals surface area contributed by atoms with E-state index >= 15 is 0 Å². The summed E-state index contributed by atoms with van der Waals surface area (Å²) >= 11 is 0. The number of allylic oxidation sites excluding steroid dienone is 11. The molecule has 9 N–H and O–H groups in total. The third-order valence-electron chi connectivity index (χ3n) is 17.4. The van der Waals surface area contributed by atoms with E-state index < -0.39 is 86.8 Å². The number of unbranched alkanes of at least 4 members (excludes halogenated alkanes) is 36. The highest BCUT2D eigenvalue weighted by Gasteiger charge is 2.51. The van der Waals surface area contributed by atoms with Crippen LogP contribution < -0.4 is 5.32 Å². The molecule has 0 bridgehead atoms. The Morgan fingerprint density at radius 3 is 1.25 bits per heavy atom. The Morgan fingerprint density at radius 2 is 0.795 bits per heavy atom. The summed E-state index contributed by atoms with van der Waals surface area (Å²) in [6.45, 7) is 2.70. The molecule has 0 aromatic rings. The van der Waals surface area contributed by atoms with Crippen LogP contribution in [-0.4, -0.2) is 140 Å². The molecule has 12 unspecified atom stereocenters. The van der Waals surface area contributed by atoms with E-state index in [2.05, 4.69) is 79.9 Å². The SMILES string of the molecule is CC/C=C\C/C=C\C/C=C\C/C=C\CCCCCCCCCCCCCCC(=O)NC(COC1OC(CO)C(OC2OC(CO)C(O)C(O)C2O)C(O)C1O)C(O)/C=C/CC/C=C/CCCCCCCCCCCCCCCCCCCCCCCCC. The Morgan fingerprint density at radius 1 is 0.420 bits per heavy atom. The number of rotatable bonds is 59. The summed E-state index contributed by atoms with van der Waals surface area (Å²) < 4.78 is 22.9. The van der Waals surface area contributed by atoms with Crippen LogP contribution in [-0.2, 0) is 23.7 Å². The molecule has 1 amide bonds. The van der Waals surface area contributed by atoms with Gasteiger partial charge in [0, 0.05) is 6.42 Å². The van der Waals surface area contributed by atoms with Gasteiger partial charge < -0.3 is 65.1 Å². The van der Waals surface area contributed by atoms with Crippen molar-refractivity contribution in [2.75, 3.05) is 19.8 Å². The lowest BCUT2D eigenvalue weighted by atomic mass is 9.97. The molecular formula is C74H133NO13. The molecule has 14 nitrogen and oxygen atoms in total. The molecule has 12 atom stereocenters. The zero-order valence-electron chi connectivity index (χ0n) is 55.7. The number of aliphatic hydroxyl groups excluding tert-OH is 8. The van der Waals surface area contributed by atoms with Gasteiger partial charge in [-0.2, -0.15) is 0 Å². The van der Waals surface area contributed by atoms with Gasteiger partial charge in [0.1, 0.15) is 48.8 Å². The van der Waals surface area contributed by atoms with E-state index in [1.165, 1.54) is 199 Å². The van der Waals surface area contributed by atoms with Gasteiger partial charge in [0.15, 0.2) is 12.6 Å². The van der Waals surface area contributed by atoms with Crippen LogP contribution in [0.25, 0.3) is 0 Å². The van der Waals surface area contributed by atoms with Crippen molar-refractivity contribution in [1.29, 1.82) is 0 Å². The normalized spacial score (nSPS) is 23.6. The smallest absolute Gasteiger partial charge is 0.220 e. The number of carbonyl (C=O) groups excluding carboxylic acids is 1. The van der Waals surface area contributed by atoms with Crippen molar-refractivity contribution >= 4 is 5.91 Å². The van der Waals surface area contributed by atoms with Crippen molar-refractivity contribution in [3.63, 3.8) is 0 Å². The second-order valence-corrected chi connectivity index (χ2v) is 25.3. The van der Waals surface area contributed by atoms with Crippen molar-refractivity contribution < 1.29 is 64.6 Å². The maximum Gasteiger partial charge on any atom is 0.220 e. The van der Waals surface area contributed by atoms with Gasteiger partial charge in [0.05, 0.1) is 32.0 Å². The monoisotopic (exact) mass is 1240 g/mol. The second-order valence-electron chi connectivity index (χ2n) is 25.3. The molecular weight excluding hydrogens is 1110 g/mol. The Bertz CT molecular complexity index is 1750. The largest absolute Gasteiger partial charge is 0.394 e. The maximum atomic E-state index is 13.3. The number of amides is 1. The van der Waals surface area contributed by atoms with Crippen LogP contribution in [0.1, 0.15) is 296 Å². The minimum atomic E-state index is -1.79. The summed E-state index contributed by atoms with van der Waals surface area (Å²) in [7, 11) is 0. The second kappa shape index (κ2) is 58.3. The number of hydrogen-bond donors (Lipinski definition) is 9. The first kappa shape index (κ1) is 81.5. The van der Waals surface area contributed by atoms with Gasteiger partial charge in [-0.15, -0.1) is 0 Å². The predicted octanol–water partition coefficient (Wildman–Crippen LogP) is 15.0. The van der Waals surface area contributed by atoms with Gasteiger partial charge in [0.25, 0.3) is 0 Å². The topological polar surface area (TPSA) is 228 Å². The van der Waals surface area contributed by atoms with Gasteiger partial charge in [-0.25, -0.2) is 0 Å². The molecule has 512 valence electrons. The first-order chi connectivity index (χ1) is 43.1. The summed E-state index contributed by atoms with van der Waals surface area (Å²) in [4.78, 5) is 13.3. The molecule has 2 heterocycles. The van der Waals surface area contributed by atoms with Crippen LogP contribution in [0.15, 0.2) is 72.9 Å². The van der Waals surface area contributed by atoms with Gasteiger partial charge in [-0.1, -0.05) is 292 Å². The lowest BCUT2D eigenvalue weighted by molar-refractivity contribution is -0.359. The average molecular weight is 1240 g/mol. The van der Waals surface area contributed by atoms with E-state index in [0.29, 0.717) is 12.8 Å². The van der Waals surface area contributed by atoms with Crippen LogP contribution >= 0.6 is 0 Å². The van der Waals surface area contributed by atoms with Crippen molar-refractivity contribution in [1.82, 2.24) is 5.32 Å². The lowest BCUT2D eigenvalue weighted by Gasteiger charge is -2.46. The molecule has 2 rings (SSSR count). The molecule has 2 aliphatic rings. The van der Waals surface area contributed by atoms with Crippen LogP contribution in [0.4, 0.5) is 0 Å². The summed E-state index contributed by atoms with van der Waals surface area (Å²) in [5.74, 6) is -0.251. The van der Waals surface area contributed by atoms with Gasteiger partial charge >= 0.3 is 0 Å². The first-order valence-electron chi connectivity index (χ1n) is 36.2. The van der Waals surface area contributed by atoms with Gasteiger partial charge in [-0.3, -0.25) is 4.79 Å². The molecule has 2 aliphatic heterocycles. The van der Waals surface area contributed by atoms with E-state index in [1.807, 2.05) is 6.08 Å². The van der Waals surface area contributed by atoms with Crippen LogP contribution in [0.5, 0.6) is 0 Å². The van der Waals surface area contributed by atoms with Crippen LogP contribution in [0.2, 0.25) is 0 Å². The van der Waals surface area contributed by atoms with Gasteiger partial charge in [-0.05, 0) is 70.6 Å². The van der Waals surface area contributed by atoms with E-state index in [-0.39, 0.29) is 18.9 Å². The molecule has 0 aromatic carbocycles. The summed E-state index contributed by atoms with van der Waals surface area (Å²) in [5, 5.41) is 87.5. The third-order valence-corrected chi connectivity index (χ3v) is 17.4. The molecule has 2 fully saturated rings. The number of aliphatic hydroxyl groups is 8. The van der Waals surface area contributed by atoms with Crippen molar-refractivity contribution in [3.05, 3.63) is 72.9 Å². The number of nitrogens with one attached hydrogen (secondary N) is 1. The highest BCUT2D eigenvalue weighted by atomic mass is 16.7. The molecule has 0 aromatic heterocycles. The third kappa shape index (κ3) is 41.8. The Hall–Kier alpha value is -2.57. The Balaban J connectivity index is 1.69. The number of hydrogen-bond acceptors (Lipinski definition) is 13. The molecule has 0 saturated carbocycles. The van der Waals surface area contributed by atoms with Crippen LogP contribution in [0, 0.1) is 0 Å². The van der Waals surface area contributed by atoms with Crippen molar-refractivity contribution in [2.24, 2.45) is 0 Å². The number of carbonyl (C=O) groups is 1. The zero-order chi connectivity index (χ0) is 63.8. The molecule has 88 heavy (non-hydrogen) atoms. The zero-order valence-corrected chi connectivity index (χ0v) is 55.7. The maximum absolute atomic E-state index is 13.3. The highest BCUT2D eigenvalue weighted by molar-refractivity contribution is 5.76.